The zero-order chi connectivity index (χ0) is 26.5. The van der Waals surface area contributed by atoms with Crippen LogP contribution in [0.5, 0.6) is 17.2 Å². The fourth-order valence-corrected chi connectivity index (χ4v) is 4.96. The molecule has 0 radical (unpaired) electrons. The van der Waals surface area contributed by atoms with Crippen molar-refractivity contribution < 1.29 is 18.8 Å². The summed E-state index contributed by atoms with van der Waals surface area (Å²) in [5.41, 5.74) is 1.39. The first-order valence-electron chi connectivity index (χ1n) is 12.2. The van der Waals surface area contributed by atoms with Crippen molar-refractivity contribution in [3.63, 3.8) is 0 Å². The molecule has 1 saturated heterocycles. The number of ether oxygens (including phenoxy) is 2. The van der Waals surface area contributed by atoms with E-state index in [0.717, 1.165) is 29.4 Å². The second-order valence-corrected chi connectivity index (χ2v) is 10.4. The van der Waals surface area contributed by atoms with Gasteiger partial charge in [-0.25, -0.2) is 0 Å². The Balaban J connectivity index is 1.24. The van der Waals surface area contributed by atoms with E-state index in [2.05, 4.69) is 36.3 Å². The summed E-state index contributed by atoms with van der Waals surface area (Å²) in [7, 11) is 1.60. The largest absolute Gasteiger partial charge is 0.497 e. The zero-order valence-electron chi connectivity index (χ0n) is 20.7. The van der Waals surface area contributed by atoms with Crippen molar-refractivity contribution in [2.75, 3.05) is 25.5 Å². The average Bonchev–Trinajstić information content (AvgIpc) is 3.39. The molecule has 1 atom stereocenters. The Morgan fingerprint density at radius 2 is 2.00 bits per heavy atom. The molecule has 4 aromatic rings. The normalized spacial score (nSPS) is 15.7. The van der Waals surface area contributed by atoms with Crippen LogP contribution in [0, 0.1) is 5.92 Å². The molecule has 0 aliphatic carbocycles. The van der Waals surface area contributed by atoms with Crippen LogP contribution in [0.15, 0.2) is 75.7 Å². The van der Waals surface area contributed by atoms with Crippen LogP contribution in [-0.2, 0) is 11.3 Å². The molecule has 0 bridgehead atoms. The van der Waals surface area contributed by atoms with Crippen molar-refractivity contribution in [3.05, 3.63) is 82.1 Å². The molecule has 1 fully saturated rings. The molecule has 2 heterocycles. The van der Waals surface area contributed by atoms with Crippen LogP contribution < -0.4 is 14.8 Å². The summed E-state index contributed by atoms with van der Waals surface area (Å²) in [4.78, 5) is 20.0. The number of anilines is 1. The lowest BCUT2D eigenvalue weighted by Gasteiger charge is -2.31. The number of amides is 1. The van der Waals surface area contributed by atoms with Crippen LogP contribution in [0.3, 0.4) is 0 Å². The molecular weight excluding hydrogens is 572 g/mol. The molecule has 1 aliphatic heterocycles. The molecule has 1 unspecified atom stereocenters. The standard InChI is InChI=1S/C28H26BrClN4O4/c1-36-22-8-3-9-23(15-22)37-25-11-10-21(30)14-24(25)31-28(35)19-6-4-12-34(16-19)17-26-32-27(33-38-26)18-5-2-7-20(29)13-18/h2-3,5,7-11,13-15,19H,4,6,12,16-17H2,1H3,(H,31,35). The van der Waals surface area contributed by atoms with Crippen LogP contribution in [0.25, 0.3) is 11.4 Å². The van der Waals surface area contributed by atoms with Crippen molar-refractivity contribution in [2.24, 2.45) is 5.92 Å². The van der Waals surface area contributed by atoms with Crippen molar-refractivity contribution in [1.29, 1.82) is 0 Å². The summed E-state index contributed by atoms with van der Waals surface area (Å²) in [6.45, 7) is 1.90. The van der Waals surface area contributed by atoms with E-state index >= 15 is 0 Å². The van der Waals surface area contributed by atoms with E-state index in [1.165, 1.54) is 0 Å². The quantitative estimate of drug-likeness (QED) is 0.239. The Labute approximate surface area is 234 Å². The number of hydrogen-bond donors (Lipinski definition) is 1. The van der Waals surface area contributed by atoms with Gasteiger partial charge in [-0.05, 0) is 61.9 Å². The van der Waals surface area contributed by atoms with Crippen LogP contribution in [-0.4, -0.2) is 41.1 Å². The predicted octanol–water partition coefficient (Wildman–Crippen LogP) is 6.80. The third-order valence-corrected chi connectivity index (χ3v) is 6.98. The fraction of sp³-hybridized carbons (Fsp3) is 0.250. The lowest BCUT2D eigenvalue weighted by molar-refractivity contribution is -0.121. The number of nitrogens with zero attached hydrogens (tertiary/aromatic N) is 3. The van der Waals surface area contributed by atoms with Gasteiger partial charge in [-0.2, -0.15) is 4.98 Å². The third-order valence-electron chi connectivity index (χ3n) is 6.25. The molecule has 1 amide bonds. The van der Waals surface area contributed by atoms with Crippen LogP contribution >= 0.6 is 27.5 Å². The van der Waals surface area contributed by atoms with E-state index in [9.17, 15) is 4.79 Å². The van der Waals surface area contributed by atoms with E-state index < -0.39 is 0 Å². The first-order valence-corrected chi connectivity index (χ1v) is 13.4. The number of rotatable bonds is 8. The van der Waals surface area contributed by atoms with Gasteiger partial charge in [0.05, 0.1) is 25.3 Å². The third kappa shape index (κ3) is 6.53. The molecule has 38 heavy (non-hydrogen) atoms. The van der Waals surface area contributed by atoms with E-state index in [-0.39, 0.29) is 11.8 Å². The second-order valence-electron chi connectivity index (χ2n) is 9.01. The number of halogens is 2. The number of nitrogens with one attached hydrogen (secondary N) is 1. The van der Waals surface area contributed by atoms with Crippen LogP contribution in [0.1, 0.15) is 18.7 Å². The summed E-state index contributed by atoms with van der Waals surface area (Å²) in [5, 5.41) is 7.64. The smallest absolute Gasteiger partial charge is 0.241 e. The van der Waals surface area contributed by atoms with E-state index in [1.807, 2.05) is 42.5 Å². The second kappa shape index (κ2) is 12.0. The Morgan fingerprint density at radius 3 is 2.84 bits per heavy atom. The predicted molar refractivity (Wildman–Crippen MR) is 149 cm³/mol. The molecule has 196 valence electrons. The van der Waals surface area contributed by atoms with Gasteiger partial charge in [0.1, 0.15) is 11.5 Å². The van der Waals surface area contributed by atoms with Crippen molar-refractivity contribution >= 4 is 39.1 Å². The molecule has 10 heteroatoms. The number of aromatic nitrogens is 2. The molecule has 1 N–H and O–H groups in total. The lowest BCUT2D eigenvalue weighted by atomic mass is 9.97. The minimum absolute atomic E-state index is 0.0900. The maximum Gasteiger partial charge on any atom is 0.241 e. The monoisotopic (exact) mass is 596 g/mol. The Bertz CT molecular complexity index is 1430. The molecule has 0 spiro atoms. The molecule has 8 nitrogen and oxygen atoms in total. The van der Waals surface area contributed by atoms with Gasteiger partial charge in [0.25, 0.3) is 0 Å². The van der Waals surface area contributed by atoms with Gasteiger partial charge in [0, 0.05) is 27.7 Å². The summed E-state index contributed by atoms with van der Waals surface area (Å²) in [6.07, 6.45) is 1.66. The topological polar surface area (TPSA) is 89.7 Å². The first kappa shape index (κ1) is 26.2. The number of benzene rings is 3. The van der Waals surface area contributed by atoms with Crippen LogP contribution in [0.2, 0.25) is 5.02 Å². The van der Waals surface area contributed by atoms with Crippen molar-refractivity contribution in [3.8, 4) is 28.6 Å². The minimum Gasteiger partial charge on any atom is -0.497 e. The van der Waals surface area contributed by atoms with E-state index in [0.29, 0.717) is 52.8 Å². The Hall–Kier alpha value is -3.40. The molecule has 0 saturated carbocycles. The van der Waals surface area contributed by atoms with Crippen molar-refractivity contribution in [2.45, 2.75) is 19.4 Å². The van der Waals surface area contributed by atoms with Gasteiger partial charge in [0.2, 0.25) is 17.6 Å². The van der Waals surface area contributed by atoms with Gasteiger partial charge in [-0.3, -0.25) is 9.69 Å². The number of piperidine rings is 1. The molecule has 1 aliphatic rings. The summed E-state index contributed by atoms with van der Waals surface area (Å²) < 4.78 is 17.8. The molecular formula is C28H26BrClN4O4. The highest BCUT2D eigenvalue weighted by Crippen LogP contribution is 2.34. The summed E-state index contributed by atoms with van der Waals surface area (Å²) in [5.74, 6) is 2.52. The summed E-state index contributed by atoms with van der Waals surface area (Å²) >= 11 is 9.71. The van der Waals surface area contributed by atoms with Crippen molar-refractivity contribution in [1.82, 2.24) is 15.0 Å². The van der Waals surface area contributed by atoms with Gasteiger partial charge >= 0.3 is 0 Å². The van der Waals surface area contributed by atoms with Crippen LogP contribution in [0.4, 0.5) is 5.69 Å². The number of carbonyl (C=O) groups excluding carboxylic acids is 1. The van der Waals surface area contributed by atoms with Gasteiger partial charge in [0.15, 0.2) is 5.75 Å². The fourth-order valence-electron chi connectivity index (χ4n) is 4.38. The molecule has 3 aromatic carbocycles. The van der Waals surface area contributed by atoms with Gasteiger partial charge in [-0.15, -0.1) is 0 Å². The minimum atomic E-state index is -0.208. The highest BCUT2D eigenvalue weighted by molar-refractivity contribution is 9.10. The maximum atomic E-state index is 13.3. The molecule has 5 rings (SSSR count). The van der Waals surface area contributed by atoms with Gasteiger partial charge < -0.3 is 19.3 Å². The molecule has 1 aromatic heterocycles. The number of carbonyl (C=O) groups is 1. The van der Waals surface area contributed by atoms with Gasteiger partial charge in [-0.1, -0.05) is 50.9 Å². The Morgan fingerprint density at radius 1 is 1.16 bits per heavy atom. The maximum absolute atomic E-state index is 13.3. The van der Waals surface area contributed by atoms with E-state index in [1.54, 1.807) is 31.4 Å². The first-order chi connectivity index (χ1) is 18.5. The highest BCUT2D eigenvalue weighted by Gasteiger charge is 2.28. The number of likely N-dealkylation sites (tertiary alicyclic amines) is 1. The van der Waals surface area contributed by atoms with E-state index in [4.69, 9.17) is 25.6 Å². The highest BCUT2D eigenvalue weighted by atomic mass is 79.9. The average molecular weight is 598 g/mol. The zero-order valence-corrected chi connectivity index (χ0v) is 23.0. The number of methoxy groups -OCH3 is 1. The lowest BCUT2D eigenvalue weighted by Crippen LogP contribution is -2.40. The Kier molecular flexibility index (Phi) is 8.26. The SMILES string of the molecule is COc1cccc(Oc2ccc(Cl)cc2NC(=O)C2CCCN(Cc3nc(-c4cccc(Br)c4)no3)C2)c1. The summed E-state index contributed by atoms with van der Waals surface area (Å²) in [6, 6.07) is 20.2. The number of hydrogen-bond acceptors (Lipinski definition) is 7.